The van der Waals surface area contributed by atoms with Gasteiger partial charge in [0.05, 0.1) is 38.4 Å². The van der Waals surface area contributed by atoms with Gasteiger partial charge in [-0.15, -0.1) is 0 Å². The van der Waals surface area contributed by atoms with Crippen LogP contribution < -0.4 is 11.2 Å². The summed E-state index contributed by atoms with van der Waals surface area (Å²) in [6.45, 7) is 10.8. The maximum absolute atomic E-state index is 12.6. The lowest BCUT2D eigenvalue weighted by Gasteiger charge is -2.37. The van der Waals surface area contributed by atoms with Crippen molar-refractivity contribution >= 4 is 8.53 Å². The minimum atomic E-state index is -1.52. The molecule has 1 aliphatic rings. The van der Waals surface area contributed by atoms with Crippen molar-refractivity contribution in [3.05, 3.63) is 68.5 Å². The summed E-state index contributed by atoms with van der Waals surface area (Å²) in [5.41, 5.74) is 0.490. The van der Waals surface area contributed by atoms with Gasteiger partial charge in [0, 0.05) is 30.3 Å². The molecule has 0 saturated carbocycles. The lowest BCUT2D eigenvalue weighted by atomic mass is 10.2. The van der Waals surface area contributed by atoms with Crippen molar-refractivity contribution in [2.75, 3.05) is 13.2 Å². The molecule has 1 N–H and O–H groups in total. The van der Waals surface area contributed by atoms with Crippen LogP contribution >= 0.6 is 8.53 Å². The smallest absolute Gasteiger partial charge is 0.330 e. The van der Waals surface area contributed by atoms with Crippen LogP contribution in [0.15, 0.2) is 46.1 Å². The fourth-order valence-electron chi connectivity index (χ4n) is 4.21. The summed E-state index contributed by atoms with van der Waals surface area (Å²) in [5.74, 6) is 0. The molecule has 1 aromatic heterocycles. The second-order valence-corrected chi connectivity index (χ2v) is 10.9. The molecule has 1 aromatic carbocycles. The lowest BCUT2D eigenvalue weighted by Crippen LogP contribution is -2.36. The first-order valence-corrected chi connectivity index (χ1v) is 13.7. The first-order valence-electron chi connectivity index (χ1n) is 12.6. The van der Waals surface area contributed by atoms with E-state index < -0.39 is 38.2 Å². The number of hydrogen-bond acceptors (Lipinski definition) is 8. The number of nitriles is 1. The first-order chi connectivity index (χ1) is 17.7. The highest BCUT2D eigenvalue weighted by Crippen LogP contribution is 2.49. The number of nitrogens with zero attached hydrogens (tertiary/aromatic N) is 3. The zero-order valence-corrected chi connectivity index (χ0v) is 23.0. The summed E-state index contributed by atoms with van der Waals surface area (Å²) in [5, 5.41) is 9.01. The molecule has 0 amide bonds. The Hall–Kier alpha value is -2.38. The summed E-state index contributed by atoms with van der Waals surface area (Å²) in [4.78, 5) is 26.8. The quantitative estimate of drug-likeness (QED) is 0.304. The van der Waals surface area contributed by atoms with Crippen LogP contribution in [0, 0.1) is 18.3 Å². The molecule has 10 nitrogen and oxygen atoms in total. The van der Waals surface area contributed by atoms with Crippen molar-refractivity contribution in [1.29, 1.82) is 5.26 Å². The number of hydrogen-bond donors (Lipinski definition) is 1. The Bertz CT molecular complexity index is 1140. The Morgan fingerprint density at radius 3 is 2.57 bits per heavy atom. The SMILES string of the molecule is Cc1cn([C@H]2C[C@H](OP(OCCC#N)N(C(C)C)C(C)C)[C@@H](COCc3ccccc3)O2)c(=O)[nH]c1=O. The highest BCUT2D eigenvalue weighted by atomic mass is 31.2. The Balaban J connectivity index is 1.83. The maximum atomic E-state index is 12.6. The third-order valence-electron chi connectivity index (χ3n) is 5.92. The predicted octanol–water partition coefficient (Wildman–Crippen LogP) is 4.01. The van der Waals surface area contributed by atoms with Crippen LogP contribution in [0.4, 0.5) is 0 Å². The number of aromatic amines is 1. The van der Waals surface area contributed by atoms with Crippen LogP contribution in [0.1, 0.15) is 57.9 Å². The maximum Gasteiger partial charge on any atom is 0.330 e. The molecule has 2 aromatic rings. The Labute approximate surface area is 219 Å². The number of H-pyrrole nitrogens is 1. The van der Waals surface area contributed by atoms with Crippen molar-refractivity contribution in [2.24, 2.45) is 0 Å². The van der Waals surface area contributed by atoms with Gasteiger partial charge >= 0.3 is 5.69 Å². The van der Waals surface area contributed by atoms with E-state index in [1.165, 1.54) is 10.8 Å². The van der Waals surface area contributed by atoms with Gasteiger partial charge in [-0.1, -0.05) is 30.3 Å². The average molecular weight is 533 g/mol. The van der Waals surface area contributed by atoms with Crippen molar-refractivity contribution in [3.63, 3.8) is 0 Å². The van der Waals surface area contributed by atoms with E-state index in [1.807, 2.05) is 30.3 Å². The second-order valence-electron chi connectivity index (χ2n) is 9.53. The molecule has 0 bridgehead atoms. The van der Waals surface area contributed by atoms with E-state index in [9.17, 15) is 9.59 Å². The summed E-state index contributed by atoms with van der Waals surface area (Å²) in [6, 6.07) is 12.2. The van der Waals surface area contributed by atoms with Crippen LogP contribution in [0.2, 0.25) is 0 Å². The van der Waals surface area contributed by atoms with Crippen molar-refractivity contribution in [3.8, 4) is 6.07 Å². The third kappa shape index (κ3) is 8.05. The van der Waals surface area contributed by atoms with Crippen molar-refractivity contribution in [2.45, 2.75) is 84.6 Å². The van der Waals surface area contributed by atoms with Crippen molar-refractivity contribution in [1.82, 2.24) is 14.2 Å². The van der Waals surface area contributed by atoms with E-state index in [2.05, 4.69) is 43.4 Å². The minimum absolute atomic E-state index is 0.142. The number of nitrogens with one attached hydrogen (secondary N) is 1. The van der Waals surface area contributed by atoms with E-state index >= 15 is 0 Å². The monoisotopic (exact) mass is 532 g/mol. The average Bonchev–Trinajstić information content (AvgIpc) is 3.24. The van der Waals surface area contributed by atoms with E-state index in [0.29, 0.717) is 18.6 Å². The molecule has 1 fully saturated rings. The molecule has 4 atom stereocenters. The number of aryl methyl sites for hydroxylation is 1. The molecule has 11 heteroatoms. The van der Waals surface area contributed by atoms with Gasteiger partial charge in [-0.05, 0) is 40.2 Å². The molecule has 37 heavy (non-hydrogen) atoms. The summed E-state index contributed by atoms with van der Waals surface area (Å²) in [6.07, 6.45) is 0.588. The molecular weight excluding hydrogens is 495 g/mol. The van der Waals surface area contributed by atoms with Crippen molar-refractivity contribution < 1.29 is 18.5 Å². The fraction of sp³-hybridized carbons (Fsp3) is 0.577. The Morgan fingerprint density at radius 1 is 1.22 bits per heavy atom. The number of rotatable bonds is 13. The molecule has 3 rings (SSSR count). The lowest BCUT2D eigenvalue weighted by molar-refractivity contribution is -0.0647. The van der Waals surface area contributed by atoms with Gasteiger partial charge in [-0.3, -0.25) is 14.3 Å². The van der Waals surface area contributed by atoms with E-state index in [0.717, 1.165) is 5.56 Å². The normalized spacial score (nSPS) is 20.6. The second kappa shape index (κ2) is 14.0. The van der Waals surface area contributed by atoms with Crippen LogP contribution in [0.3, 0.4) is 0 Å². The topological polar surface area (TPSA) is 119 Å². The van der Waals surface area contributed by atoms with E-state index in [-0.39, 0.29) is 31.7 Å². The van der Waals surface area contributed by atoms with Gasteiger partial charge in [0.25, 0.3) is 14.1 Å². The van der Waals surface area contributed by atoms with Gasteiger partial charge in [-0.2, -0.15) is 5.26 Å². The molecule has 0 aliphatic carbocycles. The predicted molar refractivity (Wildman–Crippen MR) is 141 cm³/mol. The first kappa shape index (κ1) is 29.2. The third-order valence-corrected chi connectivity index (χ3v) is 8.07. The van der Waals surface area contributed by atoms with E-state index in [4.69, 9.17) is 23.8 Å². The zero-order valence-electron chi connectivity index (χ0n) is 22.1. The van der Waals surface area contributed by atoms with Gasteiger partial charge in [-0.25, -0.2) is 9.46 Å². The van der Waals surface area contributed by atoms with Gasteiger partial charge in [0.2, 0.25) is 0 Å². The number of benzene rings is 1. The summed E-state index contributed by atoms with van der Waals surface area (Å²) >= 11 is 0. The molecule has 2 heterocycles. The largest absolute Gasteiger partial charge is 0.374 e. The van der Waals surface area contributed by atoms with Crippen LogP contribution in [-0.4, -0.2) is 51.7 Å². The zero-order chi connectivity index (χ0) is 26.9. The van der Waals surface area contributed by atoms with Gasteiger partial charge < -0.3 is 18.5 Å². The van der Waals surface area contributed by atoms with Crippen LogP contribution in [0.25, 0.3) is 0 Å². The molecule has 1 unspecified atom stereocenters. The standard InChI is InChI=1S/C26H37N4O6P/c1-18(2)30(19(3)4)37(34-13-9-12-27)36-22-14-24(29-15-20(5)25(31)28-26(29)32)35-23(22)17-33-16-21-10-7-6-8-11-21/h6-8,10-11,15,18-19,22-24H,9,13-14,16-17H2,1-5H3,(H,28,31,32)/t22-,23+,24+,37?/m0/s1. The minimum Gasteiger partial charge on any atom is -0.374 e. The molecule has 1 aliphatic heterocycles. The van der Waals surface area contributed by atoms with Crippen LogP contribution in [0.5, 0.6) is 0 Å². The number of aromatic nitrogens is 2. The molecule has 0 spiro atoms. The highest BCUT2D eigenvalue weighted by Gasteiger charge is 2.41. The Morgan fingerprint density at radius 2 is 1.92 bits per heavy atom. The Kier molecular flexibility index (Phi) is 11.0. The summed E-state index contributed by atoms with van der Waals surface area (Å²) in [7, 11) is -1.52. The van der Waals surface area contributed by atoms with Crippen LogP contribution in [-0.2, 0) is 25.1 Å². The molecule has 1 saturated heterocycles. The fourth-order valence-corrected chi connectivity index (χ4v) is 5.97. The molecule has 202 valence electrons. The van der Waals surface area contributed by atoms with E-state index in [1.54, 1.807) is 6.92 Å². The number of ether oxygens (including phenoxy) is 2. The summed E-state index contributed by atoms with van der Waals surface area (Å²) < 4.78 is 28.5. The molecule has 0 radical (unpaired) electrons. The van der Waals surface area contributed by atoms with Gasteiger partial charge in [0.1, 0.15) is 12.3 Å². The van der Waals surface area contributed by atoms with Gasteiger partial charge in [0.15, 0.2) is 0 Å². The molecular formula is C26H37N4O6P. The highest BCUT2D eigenvalue weighted by molar-refractivity contribution is 7.44.